The number of rotatable bonds is 4. The van der Waals surface area contributed by atoms with Crippen molar-refractivity contribution in [2.75, 3.05) is 6.54 Å². The molecule has 0 aromatic carbocycles. The molecule has 1 fully saturated rings. The van der Waals surface area contributed by atoms with Crippen LogP contribution < -0.4 is 5.32 Å². The van der Waals surface area contributed by atoms with E-state index in [1.54, 1.807) is 0 Å². The van der Waals surface area contributed by atoms with Gasteiger partial charge < -0.3 is 10.4 Å². The molecule has 0 aromatic rings. The minimum Gasteiger partial charge on any atom is -0.393 e. The van der Waals surface area contributed by atoms with E-state index in [1.807, 2.05) is 13.0 Å². The molecule has 1 saturated carbocycles. The van der Waals surface area contributed by atoms with Crippen molar-refractivity contribution >= 4 is 5.91 Å². The number of hydrogen-bond donors (Lipinski definition) is 2. The molecule has 90 valence electrons. The molecule has 1 aliphatic rings. The second-order valence-electron chi connectivity index (χ2n) is 4.45. The largest absolute Gasteiger partial charge is 0.393 e. The van der Waals surface area contributed by atoms with Crippen molar-refractivity contribution in [1.29, 1.82) is 5.26 Å². The Morgan fingerprint density at radius 2 is 2.25 bits per heavy atom. The zero-order valence-corrected chi connectivity index (χ0v) is 9.78. The number of hydrogen-bond acceptors (Lipinski definition) is 3. The minimum absolute atomic E-state index is 0.161. The van der Waals surface area contributed by atoms with Gasteiger partial charge in [0.15, 0.2) is 0 Å². The summed E-state index contributed by atoms with van der Waals surface area (Å²) in [6.45, 7) is 2.32. The van der Waals surface area contributed by atoms with Gasteiger partial charge in [-0.3, -0.25) is 4.79 Å². The molecular weight excluding hydrogens is 204 g/mol. The molecule has 16 heavy (non-hydrogen) atoms. The number of carbonyl (C=O) groups is 1. The Balaban J connectivity index is 2.33. The lowest BCUT2D eigenvalue weighted by Crippen LogP contribution is -2.38. The number of nitrogens with zero attached hydrogens (tertiary/aromatic N) is 1. The molecule has 4 nitrogen and oxygen atoms in total. The molecule has 1 rings (SSSR count). The first-order chi connectivity index (χ1) is 7.69. The maximum absolute atomic E-state index is 11.5. The fourth-order valence-corrected chi connectivity index (χ4v) is 2.12. The zero-order valence-electron chi connectivity index (χ0n) is 9.78. The van der Waals surface area contributed by atoms with Crippen LogP contribution in [0.5, 0.6) is 0 Å². The van der Waals surface area contributed by atoms with Crippen molar-refractivity contribution in [2.24, 2.45) is 11.8 Å². The van der Waals surface area contributed by atoms with Gasteiger partial charge in [0, 0.05) is 12.5 Å². The summed E-state index contributed by atoms with van der Waals surface area (Å²) < 4.78 is 0. The van der Waals surface area contributed by atoms with Crippen LogP contribution in [-0.4, -0.2) is 23.7 Å². The van der Waals surface area contributed by atoms with Crippen LogP contribution in [0.1, 0.15) is 39.0 Å². The van der Waals surface area contributed by atoms with Gasteiger partial charge in [-0.05, 0) is 19.3 Å². The quantitative estimate of drug-likeness (QED) is 0.753. The Labute approximate surface area is 96.6 Å². The van der Waals surface area contributed by atoms with E-state index in [1.165, 1.54) is 0 Å². The number of amides is 1. The summed E-state index contributed by atoms with van der Waals surface area (Å²) in [4.78, 5) is 11.5. The summed E-state index contributed by atoms with van der Waals surface area (Å²) >= 11 is 0. The second-order valence-corrected chi connectivity index (χ2v) is 4.45. The lowest BCUT2D eigenvalue weighted by Gasteiger charge is -2.27. The molecule has 0 aromatic heterocycles. The van der Waals surface area contributed by atoms with Gasteiger partial charge >= 0.3 is 0 Å². The Hall–Kier alpha value is -1.08. The highest BCUT2D eigenvalue weighted by Crippen LogP contribution is 2.23. The van der Waals surface area contributed by atoms with Crippen molar-refractivity contribution in [3.63, 3.8) is 0 Å². The molecule has 0 heterocycles. The molecule has 2 N–H and O–H groups in total. The predicted molar refractivity (Wildman–Crippen MR) is 60.4 cm³/mol. The molecule has 0 bridgehead atoms. The van der Waals surface area contributed by atoms with Crippen molar-refractivity contribution in [3.05, 3.63) is 0 Å². The summed E-state index contributed by atoms with van der Waals surface area (Å²) in [5.74, 6) is -0.600. The lowest BCUT2D eigenvalue weighted by atomic mass is 9.86. The Bertz CT molecular complexity index is 273. The Morgan fingerprint density at radius 3 is 2.81 bits per heavy atom. The lowest BCUT2D eigenvalue weighted by molar-refractivity contribution is -0.123. The summed E-state index contributed by atoms with van der Waals surface area (Å²) in [6, 6.07) is 1.98. The third-order valence-electron chi connectivity index (χ3n) is 3.29. The van der Waals surface area contributed by atoms with Gasteiger partial charge in [0.2, 0.25) is 5.91 Å². The zero-order chi connectivity index (χ0) is 12.0. The normalized spacial score (nSPS) is 26.8. The monoisotopic (exact) mass is 224 g/mol. The van der Waals surface area contributed by atoms with E-state index in [4.69, 9.17) is 5.26 Å². The average Bonchev–Trinajstić information content (AvgIpc) is 2.29. The number of nitrogens with one attached hydrogen (secondary N) is 1. The van der Waals surface area contributed by atoms with Crippen LogP contribution in [0.25, 0.3) is 0 Å². The van der Waals surface area contributed by atoms with E-state index in [-0.39, 0.29) is 17.9 Å². The molecule has 1 amide bonds. The van der Waals surface area contributed by atoms with Crippen LogP contribution in [-0.2, 0) is 4.79 Å². The van der Waals surface area contributed by atoms with Crippen LogP contribution in [0, 0.1) is 23.2 Å². The fraction of sp³-hybridized carbons (Fsp3) is 0.833. The van der Waals surface area contributed by atoms with E-state index >= 15 is 0 Å². The van der Waals surface area contributed by atoms with Gasteiger partial charge in [-0.25, -0.2) is 0 Å². The van der Waals surface area contributed by atoms with Crippen LogP contribution >= 0.6 is 0 Å². The van der Waals surface area contributed by atoms with Gasteiger partial charge in [0.05, 0.1) is 12.2 Å². The Morgan fingerprint density at radius 1 is 1.56 bits per heavy atom. The topological polar surface area (TPSA) is 73.1 Å². The highest BCUT2D eigenvalue weighted by molar-refractivity contribution is 5.80. The molecule has 3 unspecified atom stereocenters. The van der Waals surface area contributed by atoms with Crippen molar-refractivity contribution in [3.8, 4) is 6.07 Å². The Kier molecular flexibility index (Phi) is 5.27. The second kappa shape index (κ2) is 6.49. The van der Waals surface area contributed by atoms with Gasteiger partial charge in [-0.2, -0.15) is 5.26 Å². The van der Waals surface area contributed by atoms with Crippen LogP contribution in [0.3, 0.4) is 0 Å². The van der Waals surface area contributed by atoms with Crippen LogP contribution in [0.15, 0.2) is 0 Å². The van der Waals surface area contributed by atoms with Crippen molar-refractivity contribution in [2.45, 2.75) is 45.1 Å². The first-order valence-electron chi connectivity index (χ1n) is 6.04. The molecule has 3 atom stereocenters. The first kappa shape index (κ1) is 13.0. The standard InChI is InChI=1S/C12H20N2O2/c1-2-9(7-13)12(16)14-8-10-5-3-4-6-11(10)15/h9-11,15H,2-6,8H2,1H3,(H,14,16). The highest BCUT2D eigenvalue weighted by Gasteiger charge is 2.24. The third kappa shape index (κ3) is 3.49. The van der Waals surface area contributed by atoms with Gasteiger partial charge in [0.1, 0.15) is 5.92 Å². The average molecular weight is 224 g/mol. The van der Waals surface area contributed by atoms with Crippen LogP contribution in [0.4, 0.5) is 0 Å². The molecule has 0 radical (unpaired) electrons. The molecule has 1 aliphatic carbocycles. The van der Waals surface area contributed by atoms with Crippen LogP contribution in [0.2, 0.25) is 0 Å². The SMILES string of the molecule is CCC(C#N)C(=O)NCC1CCCCC1O. The third-order valence-corrected chi connectivity index (χ3v) is 3.29. The fourth-order valence-electron chi connectivity index (χ4n) is 2.12. The summed E-state index contributed by atoms with van der Waals surface area (Å²) in [5, 5.41) is 21.2. The van der Waals surface area contributed by atoms with E-state index in [9.17, 15) is 9.90 Å². The van der Waals surface area contributed by atoms with Crippen molar-refractivity contribution < 1.29 is 9.90 Å². The molecule has 0 spiro atoms. The number of aliphatic hydroxyl groups is 1. The highest BCUT2D eigenvalue weighted by atomic mass is 16.3. The van der Waals surface area contributed by atoms with E-state index in [0.717, 1.165) is 25.7 Å². The minimum atomic E-state index is -0.555. The van der Waals surface area contributed by atoms with E-state index in [0.29, 0.717) is 13.0 Å². The maximum Gasteiger partial charge on any atom is 0.237 e. The predicted octanol–water partition coefficient (Wildman–Crippen LogP) is 1.20. The van der Waals surface area contributed by atoms with E-state index < -0.39 is 5.92 Å². The molecule has 0 aliphatic heterocycles. The molecule has 0 saturated heterocycles. The molecular formula is C12H20N2O2. The summed E-state index contributed by atoms with van der Waals surface area (Å²) in [6.07, 6.45) is 4.22. The van der Waals surface area contributed by atoms with Crippen molar-refractivity contribution in [1.82, 2.24) is 5.32 Å². The summed E-state index contributed by atoms with van der Waals surface area (Å²) in [5.41, 5.74) is 0. The number of nitriles is 1. The summed E-state index contributed by atoms with van der Waals surface area (Å²) in [7, 11) is 0. The number of carbonyl (C=O) groups excluding carboxylic acids is 1. The molecule has 4 heteroatoms. The number of aliphatic hydroxyl groups excluding tert-OH is 1. The first-order valence-corrected chi connectivity index (χ1v) is 6.04. The van der Waals surface area contributed by atoms with Gasteiger partial charge in [-0.1, -0.05) is 19.8 Å². The smallest absolute Gasteiger partial charge is 0.237 e. The van der Waals surface area contributed by atoms with E-state index in [2.05, 4.69) is 5.32 Å². The van der Waals surface area contributed by atoms with Gasteiger partial charge in [0.25, 0.3) is 0 Å². The van der Waals surface area contributed by atoms with Gasteiger partial charge in [-0.15, -0.1) is 0 Å². The maximum atomic E-state index is 11.5.